The first-order chi connectivity index (χ1) is 16.4. The number of aliphatic hydroxyl groups excluding tert-OH is 1. The quantitative estimate of drug-likeness (QED) is 0.530. The number of hydrogen-bond acceptors (Lipinski definition) is 7. The average molecular weight is 480 g/mol. The minimum absolute atomic E-state index is 0.124. The molecule has 1 saturated carbocycles. The van der Waals surface area contributed by atoms with Gasteiger partial charge in [-0.05, 0) is 59.2 Å². The summed E-state index contributed by atoms with van der Waals surface area (Å²) in [7, 11) is -3.23. The molecule has 2 fully saturated rings. The first kappa shape index (κ1) is 22.8. The number of aromatic nitrogens is 2. The topological polar surface area (TPSA) is 92.6 Å². The number of fused-ring (bicyclic) bond motifs is 1. The number of piperidine rings is 1. The zero-order valence-electron chi connectivity index (χ0n) is 19.4. The van der Waals surface area contributed by atoms with Crippen LogP contribution in [0.25, 0.3) is 11.1 Å². The monoisotopic (exact) mass is 479 g/mol. The lowest BCUT2D eigenvalue weighted by Gasteiger charge is -2.20. The Kier molecular flexibility index (Phi) is 6.04. The van der Waals surface area contributed by atoms with Gasteiger partial charge >= 0.3 is 0 Å². The van der Waals surface area contributed by atoms with Crippen molar-refractivity contribution < 1.29 is 18.3 Å². The largest absolute Gasteiger partial charge is 0.493 e. The highest BCUT2D eigenvalue weighted by Crippen LogP contribution is 2.52. The fourth-order valence-corrected chi connectivity index (χ4v) is 5.49. The van der Waals surface area contributed by atoms with E-state index in [0.29, 0.717) is 30.1 Å². The normalized spacial score (nSPS) is 21.4. The van der Waals surface area contributed by atoms with Gasteiger partial charge < -0.3 is 14.7 Å². The second kappa shape index (κ2) is 9.00. The molecule has 0 bridgehead atoms. The van der Waals surface area contributed by atoms with Gasteiger partial charge in [0.05, 0.1) is 18.1 Å². The number of benzene rings is 2. The van der Waals surface area contributed by atoms with Crippen molar-refractivity contribution in [1.82, 2.24) is 9.97 Å². The summed E-state index contributed by atoms with van der Waals surface area (Å²) in [4.78, 5) is 11.6. The lowest BCUT2D eigenvalue weighted by atomic mass is 10.0. The van der Waals surface area contributed by atoms with Gasteiger partial charge in [-0.25, -0.2) is 18.4 Å². The molecule has 1 aliphatic carbocycles. The molecule has 0 amide bonds. The molecule has 2 heterocycles. The van der Waals surface area contributed by atoms with Crippen molar-refractivity contribution in [3.63, 3.8) is 0 Å². The second-order valence-electron chi connectivity index (χ2n) is 9.23. The number of anilines is 1. The first-order valence-electron chi connectivity index (χ1n) is 11.6. The standard InChI is InChI=1S/C26H29N3O4S/c1-3-17-11-27-26(28-12-17)29-13-22-23(14-29)24(22)16-33-25-9-6-19(10-20(25)15-30)18-4-7-21(8-5-18)34(2,31)32/h4-12,22-24,30H,3,13-16H2,1-2H3/t22-,23?,24?/m1/s1. The molecule has 2 aromatic carbocycles. The average Bonchev–Trinajstić information content (AvgIpc) is 3.30. The molecule has 1 aliphatic heterocycles. The van der Waals surface area contributed by atoms with Crippen molar-refractivity contribution in [1.29, 1.82) is 0 Å². The molecule has 0 spiro atoms. The van der Waals surface area contributed by atoms with Gasteiger partial charge in [0.25, 0.3) is 0 Å². The maximum Gasteiger partial charge on any atom is 0.225 e. The molecule has 1 saturated heterocycles. The molecular weight excluding hydrogens is 450 g/mol. The Bertz CT molecular complexity index is 1260. The van der Waals surface area contributed by atoms with Crippen LogP contribution < -0.4 is 9.64 Å². The third kappa shape index (κ3) is 4.52. The van der Waals surface area contributed by atoms with Gasteiger partial charge in [0.1, 0.15) is 5.75 Å². The van der Waals surface area contributed by atoms with E-state index in [1.54, 1.807) is 24.3 Å². The van der Waals surface area contributed by atoms with Crippen LogP contribution in [0.15, 0.2) is 59.8 Å². The molecule has 1 aromatic heterocycles. The summed E-state index contributed by atoms with van der Waals surface area (Å²) in [6.07, 6.45) is 5.96. The third-order valence-corrected chi connectivity index (χ3v) is 8.16. The van der Waals surface area contributed by atoms with E-state index in [2.05, 4.69) is 21.8 Å². The molecule has 34 heavy (non-hydrogen) atoms. The van der Waals surface area contributed by atoms with E-state index in [0.717, 1.165) is 47.7 Å². The molecule has 7 nitrogen and oxygen atoms in total. The molecule has 2 aliphatic rings. The summed E-state index contributed by atoms with van der Waals surface area (Å²) in [6, 6.07) is 12.5. The Hall–Kier alpha value is -2.97. The van der Waals surface area contributed by atoms with Gasteiger partial charge in [0.15, 0.2) is 9.84 Å². The molecule has 178 valence electrons. The zero-order valence-corrected chi connectivity index (χ0v) is 20.2. The molecule has 8 heteroatoms. The third-order valence-electron chi connectivity index (χ3n) is 7.03. The van der Waals surface area contributed by atoms with Crippen molar-refractivity contribution in [2.45, 2.75) is 24.8 Å². The van der Waals surface area contributed by atoms with Crippen molar-refractivity contribution in [3.8, 4) is 16.9 Å². The van der Waals surface area contributed by atoms with Crippen LogP contribution in [-0.2, 0) is 22.9 Å². The van der Waals surface area contributed by atoms with E-state index < -0.39 is 9.84 Å². The lowest BCUT2D eigenvalue weighted by molar-refractivity contribution is 0.252. The van der Waals surface area contributed by atoms with Crippen molar-refractivity contribution in [2.75, 3.05) is 30.9 Å². The van der Waals surface area contributed by atoms with E-state index >= 15 is 0 Å². The summed E-state index contributed by atoms with van der Waals surface area (Å²) in [5, 5.41) is 9.90. The van der Waals surface area contributed by atoms with Gasteiger partial charge in [-0.3, -0.25) is 0 Å². The number of ether oxygens (including phenoxy) is 1. The maximum absolute atomic E-state index is 11.7. The van der Waals surface area contributed by atoms with Gasteiger partial charge in [0, 0.05) is 43.2 Å². The highest BCUT2D eigenvalue weighted by molar-refractivity contribution is 7.90. The highest BCUT2D eigenvalue weighted by atomic mass is 32.2. The lowest BCUT2D eigenvalue weighted by Crippen LogP contribution is -2.27. The molecule has 5 rings (SSSR count). The summed E-state index contributed by atoms with van der Waals surface area (Å²) < 4.78 is 29.5. The Balaban J connectivity index is 1.19. The highest BCUT2D eigenvalue weighted by Gasteiger charge is 2.56. The molecule has 3 aromatic rings. The predicted octanol–water partition coefficient (Wildman–Crippen LogP) is 3.36. The van der Waals surface area contributed by atoms with Crippen LogP contribution in [0.3, 0.4) is 0 Å². The van der Waals surface area contributed by atoms with Crippen LogP contribution in [0, 0.1) is 17.8 Å². The maximum atomic E-state index is 11.7. The summed E-state index contributed by atoms with van der Waals surface area (Å²) in [6.45, 7) is 4.52. The van der Waals surface area contributed by atoms with Crippen LogP contribution in [0.5, 0.6) is 5.75 Å². The molecule has 3 atom stereocenters. The summed E-state index contributed by atoms with van der Waals surface area (Å²) >= 11 is 0. The van der Waals surface area contributed by atoms with Gasteiger partial charge in [-0.2, -0.15) is 0 Å². The van der Waals surface area contributed by atoms with Crippen LogP contribution in [-0.4, -0.2) is 49.4 Å². The van der Waals surface area contributed by atoms with Crippen molar-refractivity contribution >= 4 is 15.8 Å². The Morgan fingerprint density at radius 1 is 1.03 bits per heavy atom. The minimum Gasteiger partial charge on any atom is -0.493 e. The SMILES string of the molecule is CCc1cnc(N2CC3C(COc4ccc(-c5ccc(S(C)(=O)=O)cc5)cc4CO)[C@@H]3C2)nc1. The van der Waals surface area contributed by atoms with Gasteiger partial charge in [0.2, 0.25) is 5.95 Å². The number of nitrogens with zero attached hydrogens (tertiary/aromatic N) is 3. The van der Waals surface area contributed by atoms with Crippen LogP contribution in [0.1, 0.15) is 18.1 Å². The Morgan fingerprint density at radius 2 is 1.68 bits per heavy atom. The van der Waals surface area contributed by atoms with Crippen molar-refractivity contribution in [2.24, 2.45) is 17.8 Å². The first-order valence-corrected chi connectivity index (χ1v) is 13.5. The van der Waals surface area contributed by atoms with Crippen LogP contribution in [0.4, 0.5) is 5.95 Å². The smallest absolute Gasteiger partial charge is 0.225 e. The van der Waals surface area contributed by atoms with Gasteiger partial charge in [-0.15, -0.1) is 0 Å². The van der Waals surface area contributed by atoms with Crippen LogP contribution >= 0.6 is 0 Å². The number of aryl methyl sites for hydroxylation is 1. The van der Waals surface area contributed by atoms with E-state index in [-0.39, 0.29) is 11.5 Å². The molecule has 0 radical (unpaired) electrons. The summed E-state index contributed by atoms with van der Waals surface area (Å²) in [5.74, 6) is 3.21. The summed E-state index contributed by atoms with van der Waals surface area (Å²) in [5.41, 5.74) is 3.67. The number of rotatable bonds is 8. The molecule has 2 unspecified atom stereocenters. The van der Waals surface area contributed by atoms with E-state index in [9.17, 15) is 13.5 Å². The second-order valence-corrected chi connectivity index (χ2v) is 11.2. The van der Waals surface area contributed by atoms with Gasteiger partial charge in [-0.1, -0.05) is 25.1 Å². The predicted molar refractivity (Wildman–Crippen MR) is 130 cm³/mol. The fourth-order valence-electron chi connectivity index (χ4n) is 4.86. The molecule has 1 N–H and O–H groups in total. The number of hydrogen-bond donors (Lipinski definition) is 1. The van der Waals surface area contributed by atoms with E-state index in [1.807, 2.05) is 30.6 Å². The number of sulfone groups is 1. The zero-order chi connectivity index (χ0) is 23.9. The van der Waals surface area contributed by atoms with Crippen LogP contribution in [0.2, 0.25) is 0 Å². The Labute approximate surface area is 200 Å². The minimum atomic E-state index is -3.23. The Morgan fingerprint density at radius 3 is 2.26 bits per heavy atom. The van der Waals surface area contributed by atoms with E-state index in [4.69, 9.17) is 4.74 Å². The van der Waals surface area contributed by atoms with Crippen molar-refractivity contribution in [3.05, 3.63) is 66.0 Å². The molecular formula is C26H29N3O4S. The van der Waals surface area contributed by atoms with E-state index in [1.165, 1.54) is 6.26 Å². The fraction of sp³-hybridized carbons (Fsp3) is 0.385. The number of aliphatic hydroxyl groups is 1.